The fourth-order valence-corrected chi connectivity index (χ4v) is 2.34. The molecule has 3 rings (SSSR count). The van der Waals surface area contributed by atoms with E-state index in [1.807, 2.05) is 19.3 Å². The first-order chi connectivity index (χ1) is 10.3. The summed E-state index contributed by atoms with van der Waals surface area (Å²) in [4.78, 5) is 13.1. The Labute approximate surface area is 123 Å². The maximum absolute atomic E-state index is 4.41. The lowest BCUT2D eigenvalue weighted by molar-refractivity contribution is 1.29. The van der Waals surface area contributed by atoms with Crippen LogP contribution in [-0.2, 0) is 0 Å². The van der Waals surface area contributed by atoms with E-state index in [1.165, 1.54) is 0 Å². The Morgan fingerprint density at radius 2 is 2.10 bits per heavy atom. The van der Waals surface area contributed by atoms with E-state index in [-0.39, 0.29) is 0 Å². The molecular weight excluding hydrogens is 260 g/mol. The molecule has 0 unspecified atom stereocenters. The van der Waals surface area contributed by atoms with Crippen molar-refractivity contribution in [3.8, 4) is 0 Å². The molecule has 1 aliphatic rings. The van der Waals surface area contributed by atoms with Crippen molar-refractivity contribution in [2.24, 2.45) is 4.99 Å². The zero-order valence-electron chi connectivity index (χ0n) is 11.9. The Hall–Kier alpha value is -2.75. The highest BCUT2D eigenvalue weighted by Gasteiger charge is 2.08. The smallest absolute Gasteiger partial charge is 0.112 e. The normalized spacial score (nSPS) is 14.3. The molecule has 21 heavy (non-hydrogen) atoms. The van der Waals surface area contributed by atoms with Gasteiger partial charge in [0, 0.05) is 32.1 Å². The third-order valence-electron chi connectivity index (χ3n) is 3.37. The monoisotopic (exact) mass is 276 g/mol. The molecule has 1 aliphatic heterocycles. The highest BCUT2D eigenvalue weighted by molar-refractivity contribution is 5.93. The maximum Gasteiger partial charge on any atom is 0.112 e. The van der Waals surface area contributed by atoms with Crippen LogP contribution in [0.3, 0.4) is 0 Å². The van der Waals surface area contributed by atoms with Crippen LogP contribution in [0.1, 0.15) is 12.0 Å². The summed E-state index contributed by atoms with van der Waals surface area (Å²) in [6, 6.07) is 4.14. The number of hydrogen-bond donors (Lipinski definition) is 1. The highest BCUT2D eigenvalue weighted by Crippen LogP contribution is 2.28. The molecule has 0 spiro atoms. The van der Waals surface area contributed by atoms with Gasteiger partial charge in [-0.2, -0.15) is 0 Å². The Morgan fingerprint density at radius 1 is 1.24 bits per heavy atom. The van der Waals surface area contributed by atoms with Crippen LogP contribution >= 0.6 is 0 Å². The second-order valence-corrected chi connectivity index (χ2v) is 4.68. The molecule has 0 radical (unpaired) electrons. The molecular formula is C17H16N4. The lowest BCUT2D eigenvalue weighted by Crippen LogP contribution is -1.95. The fourth-order valence-electron chi connectivity index (χ4n) is 2.34. The van der Waals surface area contributed by atoms with Gasteiger partial charge in [0.1, 0.15) is 5.52 Å². The summed E-state index contributed by atoms with van der Waals surface area (Å²) in [5.41, 5.74) is 5.80. The first-order valence-corrected chi connectivity index (χ1v) is 6.81. The van der Waals surface area contributed by atoms with E-state index in [4.69, 9.17) is 0 Å². The lowest BCUT2D eigenvalue weighted by atomic mass is 10.0. The van der Waals surface area contributed by atoms with E-state index in [9.17, 15) is 0 Å². The van der Waals surface area contributed by atoms with Crippen LogP contribution < -0.4 is 5.32 Å². The average Bonchev–Trinajstić information content (AvgIpc) is 2.79. The van der Waals surface area contributed by atoms with Gasteiger partial charge in [-0.05, 0) is 35.4 Å². The topological polar surface area (TPSA) is 50.2 Å². The molecule has 0 fully saturated rings. The SMILES string of the molecule is C=CC1=CC(c2cc(NC)c3nccnc3c2)=CCC=N1. The van der Waals surface area contributed by atoms with Crippen molar-refractivity contribution in [1.29, 1.82) is 0 Å². The summed E-state index contributed by atoms with van der Waals surface area (Å²) in [6.45, 7) is 3.79. The average molecular weight is 276 g/mol. The van der Waals surface area contributed by atoms with Gasteiger partial charge in [0.15, 0.2) is 0 Å². The number of aliphatic imine (C=N–C) groups is 1. The number of fused-ring (bicyclic) bond motifs is 1. The zero-order valence-corrected chi connectivity index (χ0v) is 11.9. The molecule has 0 saturated heterocycles. The van der Waals surface area contributed by atoms with Crippen LogP contribution in [0.25, 0.3) is 16.6 Å². The van der Waals surface area contributed by atoms with Gasteiger partial charge in [0.25, 0.3) is 0 Å². The number of nitrogens with one attached hydrogen (secondary N) is 1. The van der Waals surface area contributed by atoms with Crippen LogP contribution in [0.15, 0.2) is 60.0 Å². The predicted molar refractivity (Wildman–Crippen MR) is 88.5 cm³/mol. The lowest BCUT2D eigenvalue weighted by Gasteiger charge is -2.09. The molecule has 1 N–H and O–H groups in total. The minimum absolute atomic E-state index is 0.802. The Morgan fingerprint density at radius 3 is 2.90 bits per heavy atom. The minimum atomic E-state index is 0.802. The standard InChI is InChI=1S/C17H16N4/c1-3-14-9-12(5-4-6-19-14)13-10-15(18-2)17-16(11-13)20-7-8-21-17/h3,5-11,18H,1,4H2,2H3. The summed E-state index contributed by atoms with van der Waals surface area (Å²) in [7, 11) is 1.89. The molecule has 0 atom stereocenters. The van der Waals surface area contributed by atoms with Crippen LogP contribution in [0.2, 0.25) is 0 Å². The molecule has 4 heteroatoms. The van der Waals surface area contributed by atoms with Crippen molar-refractivity contribution >= 4 is 28.5 Å². The van der Waals surface area contributed by atoms with Crippen molar-refractivity contribution < 1.29 is 0 Å². The predicted octanol–water partition coefficient (Wildman–Crippen LogP) is 3.60. The fraction of sp³-hybridized carbons (Fsp3) is 0.118. The Balaban J connectivity index is 2.17. The quantitative estimate of drug-likeness (QED) is 0.931. The van der Waals surface area contributed by atoms with Gasteiger partial charge < -0.3 is 5.32 Å². The number of anilines is 1. The Kier molecular flexibility index (Phi) is 3.60. The van der Waals surface area contributed by atoms with Crippen LogP contribution in [0.4, 0.5) is 5.69 Å². The molecule has 2 aromatic rings. The van der Waals surface area contributed by atoms with E-state index in [1.54, 1.807) is 18.5 Å². The van der Waals surface area contributed by atoms with E-state index in [0.29, 0.717) is 0 Å². The van der Waals surface area contributed by atoms with Gasteiger partial charge in [0.05, 0.1) is 16.9 Å². The molecule has 0 saturated carbocycles. The summed E-state index contributed by atoms with van der Waals surface area (Å²) >= 11 is 0. The third-order valence-corrected chi connectivity index (χ3v) is 3.37. The van der Waals surface area contributed by atoms with Crippen LogP contribution in [0, 0.1) is 0 Å². The molecule has 4 nitrogen and oxygen atoms in total. The zero-order chi connectivity index (χ0) is 14.7. The number of aromatic nitrogens is 2. The third kappa shape index (κ3) is 2.60. The van der Waals surface area contributed by atoms with Crippen molar-refractivity contribution in [3.05, 3.63) is 60.6 Å². The van der Waals surface area contributed by atoms with E-state index in [0.717, 1.165) is 40.0 Å². The van der Waals surface area contributed by atoms with Gasteiger partial charge in [-0.25, -0.2) is 0 Å². The number of rotatable bonds is 3. The molecule has 0 aliphatic carbocycles. The van der Waals surface area contributed by atoms with Crippen molar-refractivity contribution in [1.82, 2.24) is 9.97 Å². The number of benzene rings is 1. The second-order valence-electron chi connectivity index (χ2n) is 4.68. The van der Waals surface area contributed by atoms with Gasteiger partial charge in [-0.3, -0.25) is 15.0 Å². The molecule has 2 heterocycles. The summed E-state index contributed by atoms with van der Waals surface area (Å²) in [5, 5.41) is 3.19. The first-order valence-electron chi connectivity index (χ1n) is 6.81. The molecule has 0 bridgehead atoms. The van der Waals surface area contributed by atoms with Gasteiger partial charge >= 0.3 is 0 Å². The molecule has 1 aromatic heterocycles. The summed E-state index contributed by atoms with van der Waals surface area (Å²) in [6.07, 6.45) is 12.1. The van der Waals surface area contributed by atoms with E-state index in [2.05, 4.69) is 45.1 Å². The number of nitrogens with zero attached hydrogens (tertiary/aromatic N) is 3. The summed E-state index contributed by atoms with van der Waals surface area (Å²) < 4.78 is 0. The van der Waals surface area contributed by atoms with E-state index < -0.39 is 0 Å². The summed E-state index contributed by atoms with van der Waals surface area (Å²) in [5.74, 6) is 0. The van der Waals surface area contributed by atoms with Gasteiger partial charge in [-0.1, -0.05) is 12.7 Å². The van der Waals surface area contributed by atoms with Crippen LogP contribution in [0.5, 0.6) is 0 Å². The van der Waals surface area contributed by atoms with Gasteiger partial charge in [-0.15, -0.1) is 0 Å². The van der Waals surface area contributed by atoms with E-state index >= 15 is 0 Å². The Bertz CT molecular complexity index is 784. The largest absolute Gasteiger partial charge is 0.386 e. The van der Waals surface area contributed by atoms with Gasteiger partial charge in [0.2, 0.25) is 0 Å². The second kappa shape index (κ2) is 5.71. The molecule has 1 aromatic carbocycles. The maximum atomic E-state index is 4.41. The highest BCUT2D eigenvalue weighted by atomic mass is 14.9. The van der Waals surface area contributed by atoms with Crippen molar-refractivity contribution in [3.63, 3.8) is 0 Å². The van der Waals surface area contributed by atoms with Crippen molar-refractivity contribution in [2.45, 2.75) is 6.42 Å². The molecule has 104 valence electrons. The number of allylic oxidation sites excluding steroid dienone is 4. The number of hydrogen-bond acceptors (Lipinski definition) is 4. The molecule has 0 amide bonds. The first kappa shape index (κ1) is 13.2. The van der Waals surface area contributed by atoms with Crippen LogP contribution in [-0.4, -0.2) is 23.2 Å². The minimum Gasteiger partial charge on any atom is -0.386 e. The van der Waals surface area contributed by atoms with Crippen molar-refractivity contribution in [2.75, 3.05) is 12.4 Å².